The Hall–Kier alpha value is -3.83. The molecule has 0 aliphatic carbocycles. The number of carboxylic acids is 1. The first-order valence-electron chi connectivity index (χ1n) is 11.0. The van der Waals surface area contributed by atoms with Gasteiger partial charge in [-0.1, -0.05) is 29.8 Å². The molecule has 0 fully saturated rings. The molecule has 36 heavy (non-hydrogen) atoms. The van der Waals surface area contributed by atoms with Crippen molar-refractivity contribution in [3.05, 3.63) is 75.4 Å². The first-order valence-corrected chi connectivity index (χ1v) is 12.3. The minimum Gasteiger partial charge on any atom is -0.480 e. The molecule has 10 nitrogen and oxygen atoms in total. The van der Waals surface area contributed by atoms with E-state index < -0.39 is 23.8 Å². The molecule has 5 N–H and O–H groups in total. The third-order valence-corrected chi connectivity index (χ3v) is 6.86. The lowest BCUT2D eigenvalue weighted by Crippen LogP contribution is -2.48. The number of aromatic amines is 1. The predicted molar refractivity (Wildman–Crippen MR) is 136 cm³/mol. The van der Waals surface area contributed by atoms with Gasteiger partial charge in [-0.25, -0.2) is 9.78 Å². The molecule has 1 aliphatic heterocycles. The molecule has 0 spiro atoms. The summed E-state index contributed by atoms with van der Waals surface area (Å²) in [6.45, 7) is -0.0546. The van der Waals surface area contributed by atoms with Crippen LogP contribution in [0.3, 0.4) is 0 Å². The number of allylic oxidation sites excluding steroid dienone is 1. The number of carbonyl (C=O) groups excluding carboxylic acids is 3. The number of hydrogen-bond acceptors (Lipinski definition) is 6. The van der Waals surface area contributed by atoms with Gasteiger partial charge in [-0.15, -0.1) is 11.8 Å². The summed E-state index contributed by atoms with van der Waals surface area (Å²) in [5.74, 6) is -2.03. The van der Waals surface area contributed by atoms with Gasteiger partial charge in [0.05, 0.1) is 32.9 Å². The fourth-order valence-electron chi connectivity index (χ4n) is 3.58. The molecule has 0 saturated carbocycles. The minimum atomic E-state index is -1.36. The number of nitrogens with one attached hydrogen (secondary N) is 4. The van der Waals surface area contributed by atoms with Crippen molar-refractivity contribution in [3.63, 3.8) is 0 Å². The molecule has 1 aliphatic rings. The summed E-state index contributed by atoms with van der Waals surface area (Å²) in [4.78, 5) is 56.8. The Kier molecular flexibility index (Phi) is 7.91. The molecule has 186 valence electrons. The zero-order chi connectivity index (χ0) is 25.7. The molecular formula is C24H22ClN5O5S. The second kappa shape index (κ2) is 11.3. The van der Waals surface area contributed by atoms with Crippen LogP contribution in [0.15, 0.2) is 53.7 Å². The summed E-state index contributed by atoms with van der Waals surface area (Å²) >= 11 is 7.63. The monoisotopic (exact) mass is 527 g/mol. The molecule has 2 aromatic carbocycles. The number of hydrogen-bond donors (Lipinski definition) is 5. The average molecular weight is 528 g/mol. The second-order valence-corrected chi connectivity index (χ2v) is 9.42. The van der Waals surface area contributed by atoms with Gasteiger partial charge in [0.1, 0.15) is 6.04 Å². The van der Waals surface area contributed by atoms with Crippen LogP contribution in [-0.2, 0) is 16.1 Å². The number of fused-ring (bicyclic) bond motifs is 1. The van der Waals surface area contributed by atoms with Crippen LogP contribution in [0.25, 0.3) is 11.0 Å². The lowest BCUT2D eigenvalue weighted by atomic mass is 10.1. The average Bonchev–Trinajstić information content (AvgIpc) is 3.57. The van der Waals surface area contributed by atoms with Gasteiger partial charge in [-0.05, 0) is 36.2 Å². The van der Waals surface area contributed by atoms with Gasteiger partial charge >= 0.3 is 5.97 Å². The summed E-state index contributed by atoms with van der Waals surface area (Å²) in [6.07, 6.45) is 4.14. The van der Waals surface area contributed by atoms with Crippen molar-refractivity contribution in [2.75, 3.05) is 12.3 Å². The Labute approximate surface area is 214 Å². The predicted octanol–water partition coefficient (Wildman–Crippen LogP) is 2.47. The first kappa shape index (κ1) is 25.3. The zero-order valence-electron chi connectivity index (χ0n) is 18.8. The van der Waals surface area contributed by atoms with Gasteiger partial charge in [0.2, 0.25) is 0 Å². The van der Waals surface area contributed by atoms with Gasteiger partial charge in [0.25, 0.3) is 17.7 Å². The van der Waals surface area contributed by atoms with Gasteiger partial charge < -0.3 is 26.0 Å². The zero-order valence-corrected chi connectivity index (χ0v) is 20.4. The molecule has 1 aromatic heterocycles. The number of thioether (sulfide) groups is 1. The Morgan fingerprint density at radius 2 is 1.94 bits per heavy atom. The number of halogens is 1. The Morgan fingerprint density at radius 1 is 1.11 bits per heavy atom. The minimum absolute atomic E-state index is 0.00106. The highest BCUT2D eigenvalue weighted by atomic mass is 35.5. The van der Waals surface area contributed by atoms with E-state index in [4.69, 9.17) is 11.6 Å². The molecule has 0 saturated heterocycles. The molecule has 0 unspecified atom stereocenters. The van der Waals surface area contributed by atoms with E-state index in [2.05, 4.69) is 25.9 Å². The summed E-state index contributed by atoms with van der Waals surface area (Å²) < 4.78 is 0. The molecule has 0 radical (unpaired) electrons. The highest BCUT2D eigenvalue weighted by Gasteiger charge is 2.24. The summed E-state index contributed by atoms with van der Waals surface area (Å²) in [6, 6.07) is 8.33. The van der Waals surface area contributed by atoms with Crippen molar-refractivity contribution in [1.82, 2.24) is 25.9 Å². The Balaban J connectivity index is 1.36. The van der Waals surface area contributed by atoms with Gasteiger partial charge in [-0.2, -0.15) is 0 Å². The van der Waals surface area contributed by atoms with Crippen molar-refractivity contribution in [3.8, 4) is 0 Å². The molecule has 4 rings (SSSR count). The summed E-state index contributed by atoms with van der Waals surface area (Å²) in [5.41, 5.74) is 2.68. The molecule has 3 amide bonds. The number of carboxylic acid groups (broad SMARTS) is 1. The van der Waals surface area contributed by atoms with Crippen molar-refractivity contribution in [1.29, 1.82) is 0 Å². The van der Waals surface area contributed by atoms with Crippen molar-refractivity contribution in [2.45, 2.75) is 19.0 Å². The van der Waals surface area contributed by atoms with E-state index in [9.17, 15) is 24.3 Å². The van der Waals surface area contributed by atoms with Gasteiger partial charge in [0, 0.05) is 24.4 Å². The quantitative estimate of drug-likeness (QED) is 0.286. The number of nitrogens with zero attached hydrogens (tertiary/aromatic N) is 1. The van der Waals surface area contributed by atoms with E-state index in [-0.39, 0.29) is 35.1 Å². The van der Waals surface area contributed by atoms with E-state index in [1.807, 2.05) is 18.2 Å². The van der Waals surface area contributed by atoms with E-state index in [1.54, 1.807) is 12.4 Å². The van der Waals surface area contributed by atoms with E-state index in [1.165, 1.54) is 30.0 Å². The molecule has 1 atom stereocenters. The molecule has 3 aromatic rings. The highest BCUT2D eigenvalue weighted by Crippen LogP contribution is 2.24. The number of rotatable bonds is 9. The highest BCUT2D eigenvalue weighted by molar-refractivity contribution is 8.04. The lowest BCUT2D eigenvalue weighted by Gasteiger charge is -2.16. The SMILES string of the molecule is O=C(NC[C@H](NC(=O)c1ccc(C(=O)NCc2cccc3[nH]cnc23)cc1Cl)C(=O)O)C1=CCCS1. The number of aromatic nitrogens is 2. The largest absolute Gasteiger partial charge is 0.480 e. The number of imidazole rings is 1. The topological polar surface area (TPSA) is 153 Å². The van der Waals surface area contributed by atoms with Crippen LogP contribution < -0.4 is 16.0 Å². The fraction of sp³-hybridized carbons (Fsp3) is 0.208. The maximum absolute atomic E-state index is 12.7. The summed E-state index contributed by atoms with van der Waals surface area (Å²) in [5, 5.41) is 17.1. The van der Waals surface area contributed by atoms with Crippen molar-refractivity contribution in [2.24, 2.45) is 0 Å². The molecule has 2 heterocycles. The smallest absolute Gasteiger partial charge is 0.328 e. The Morgan fingerprint density at radius 3 is 2.67 bits per heavy atom. The van der Waals surface area contributed by atoms with Crippen LogP contribution in [0, 0.1) is 0 Å². The number of aliphatic carboxylic acids is 1. The molecular weight excluding hydrogens is 506 g/mol. The van der Waals surface area contributed by atoms with Crippen LogP contribution in [0.4, 0.5) is 0 Å². The molecule has 0 bridgehead atoms. The van der Waals surface area contributed by atoms with Gasteiger partial charge in [-0.3, -0.25) is 14.4 Å². The van der Waals surface area contributed by atoms with E-state index in [0.717, 1.165) is 28.8 Å². The second-order valence-electron chi connectivity index (χ2n) is 7.87. The normalized spacial score (nSPS) is 13.6. The standard InChI is InChI=1S/C24H22ClN5O5S/c25-16-9-13(21(31)26-10-14-3-1-4-17-20(14)29-12-28-17)6-7-15(16)22(32)30-18(24(34)35)11-27-23(33)19-5-2-8-36-19/h1,3-7,9,12,18H,2,8,10-11H2,(H,26,31)(H,27,33)(H,28,29)(H,30,32)(H,34,35)/t18-/m0/s1. The van der Waals surface area contributed by atoms with E-state index >= 15 is 0 Å². The number of H-pyrrole nitrogens is 1. The van der Waals surface area contributed by atoms with Gasteiger partial charge in [0.15, 0.2) is 0 Å². The molecule has 12 heteroatoms. The number of para-hydroxylation sites is 1. The van der Waals surface area contributed by atoms with Crippen molar-refractivity contribution < 1.29 is 24.3 Å². The maximum atomic E-state index is 12.7. The number of amides is 3. The fourth-order valence-corrected chi connectivity index (χ4v) is 4.74. The van der Waals surface area contributed by atoms with Crippen LogP contribution in [0.1, 0.15) is 32.7 Å². The van der Waals surface area contributed by atoms with Crippen LogP contribution in [0.5, 0.6) is 0 Å². The van der Waals surface area contributed by atoms with Crippen molar-refractivity contribution >= 4 is 58.1 Å². The van der Waals surface area contributed by atoms with Crippen LogP contribution in [-0.4, -0.2) is 57.1 Å². The lowest BCUT2D eigenvalue weighted by molar-refractivity contribution is -0.139. The van der Waals surface area contributed by atoms with Crippen LogP contribution >= 0.6 is 23.4 Å². The third kappa shape index (κ3) is 5.86. The van der Waals surface area contributed by atoms with Crippen LogP contribution in [0.2, 0.25) is 5.02 Å². The Bertz CT molecular complexity index is 1370. The first-order chi connectivity index (χ1) is 17.3. The maximum Gasteiger partial charge on any atom is 0.328 e. The number of carbonyl (C=O) groups is 4. The third-order valence-electron chi connectivity index (χ3n) is 5.45. The number of benzene rings is 2. The van der Waals surface area contributed by atoms with E-state index in [0.29, 0.717) is 4.91 Å². The summed E-state index contributed by atoms with van der Waals surface area (Å²) in [7, 11) is 0.